The number of nitrogens with two attached hydrogens (primary N) is 2. The highest BCUT2D eigenvalue weighted by Crippen LogP contribution is 2.12. The zero-order chi connectivity index (χ0) is 45.8. The summed E-state index contributed by atoms with van der Waals surface area (Å²) in [4.78, 5) is 98.7. The van der Waals surface area contributed by atoms with Crippen molar-refractivity contribution < 1.29 is 59.1 Å². The van der Waals surface area contributed by atoms with E-state index in [4.69, 9.17) is 16.9 Å². The van der Waals surface area contributed by atoms with Gasteiger partial charge in [0.05, 0.1) is 37.4 Å². The molecule has 1 aromatic heterocycles. The van der Waals surface area contributed by atoms with Crippen LogP contribution in [0.4, 0.5) is 0 Å². The molecule has 0 bridgehead atoms. The quantitative estimate of drug-likeness (QED) is 0.0239. The number of aliphatic carboxylic acids is 1. The van der Waals surface area contributed by atoms with Gasteiger partial charge >= 0.3 is 5.97 Å². The summed E-state index contributed by atoms with van der Waals surface area (Å²) in [7, 11) is 0. The minimum Gasteiger partial charge on any atom is -0.508 e. The minimum atomic E-state index is -1.73. The molecule has 1 aromatic carbocycles. The van der Waals surface area contributed by atoms with Crippen molar-refractivity contribution in [2.45, 2.75) is 101 Å². The van der Waals surface area contributed by atoms with E-state index in [2.05, 4.69) is 47.2 Å². The molecule has 0 fully saturated rings. The molecule has 24 heteroatoms. The predicted octanol–water partition coefficient (Wildman–Crippen LogP) is -5.10. The number of aliphatic hydroxyl groups is 3. The van der Waals surface area contributed by atoms with Crippen LogP contribution in [0.1, 0.15) is 51.3 Å². The number of phenols is 1. The van der Waals surface area contributed by atoms with E-state index < -0.39 is 103 Å². The van der Waals surface area contributed by atoms with Crippen molar-refractivity contribution in [3.63, 3.8) is 0 Å². The Kier molecular flexibility index (Phi) is 21.1. The number of nitrogens with zero attached hydrogens (tertiary/aromatic N) is 1. The Morgan fingerprint density at radius 2 is 1.30 bits per heavy atom. The van der Waals surface area contributed by atoms with E-state index >= 15 is 0 Å². The smallest absolute Gasteiger partial charge is 0.328 e. The number of benzene rings is 1. The fraction of sp³-hybridized carbons (Fsp3) is 0.541. The van der Waals surface area contributed by atoms with Gasteiger partial charge in [0.2, 0.25) is 35.4 Å². The molecular weight excluding hydrogens is 804 g/mol. The first-order valence-corrected chi connectivity index (χ1v) is 19.3. The molecule has 18 N–H and O–H groups in total. The van der Waals surface area contributed by atoms with Gasteiger partial charge in [-0.15, -0.1) is 0 Å². The van der Waals surface area contributed by atoms with Gasteiger partial charge in [0.15, 0.2) is 5.96 Å². The summed E-state index contributed by atoms with van der Waals surface area (Å²) in [5.41, 5.74) is 12.3. The normalized spacial score (nSPS) is 15.0. The van der Waals surface area contributed by atoms with Gasteiger partial charge in [-0.3, -0.25) is 34.2 Å². The van der Waals surface area contributed by atoms with Crippen molar-refractivity contribution in [1.29, 1.82) is 5.41 Å². The molecular formula is C37H58N12O12. The molecule has 8 atom stereocenters. The number of hydrogen-bond acceptors (Lipinski definition) is 14. The molecule has 6 amide bonds. The second-order valence-corrected chi connectivity index (χ2v) is 14.6. The Bertz CT molecular complexity index is 1780. The minimum absolute atomic E-state index is 0.000867. The number of rotatable bonds is 26. The van der Waals surface area contributed by atoms with Gasteiger partial charge in [0.25, 0.3) is 0 Å². The highest BCUT2D eigenvalue weighted by molar-refractivity contribution is 5.97. The number of aromatic hydroxyl groups is 1. The van der Waals surface area contributed by atoms with Crippen molar-refractivity contribution in [3.05, 3.63) is 48.0 Å². The van der Waals surface area contributed by atoms with E-state index in [0.29, 0.717) is 11.3 Å². The summed E-state index contributed by atoms with van der Waals surface area (Å²) in [6.07, 6.45) is 1.03. The van der Waals surface area contributed by atoms with Gasteiger partial charge in [0, 0.05) is 19.2 Å². The summed E-state index contributed by atoms with van der Waals surface area (Å²) in [5, 5.41) is 72.9. The first-order chi connectivity index (χ1) is 28.7. The number of carboxylic acid groups (broad SMARTS) is 1. The third-order valence-electron chi connectivity index (χ3n) is 8.96. The topological polar surface area (TPSA) is 409 Å². The fourth-order valence-corrected chi connectivity index (χ4v) is 5.70. The van der Waals surface area contributed by atoms with Gasteiger partial charge in [-0.05, 0) is 56.2 Å². The van der Waals surface area contributed by atoms with Crippen LogP contribution < -0.4 is 48.7 Å². The number of aromatic amines is 1. The lowest BCUT2D eigenvalue weighted by Crippen LogP contribution is -2.62. The molecule has 2 rings (SSSR count). The first kappa shape index (κ1) is 50.8. The van der Waals surface area contributed by atoms with Crippen LogP contribution in [-0.4, -0.2) is 151 Å². The fourth-order valence-electron chi connectivity index (χ4n) is 5.70. The standard InChI is InChI=1S/C37H58N12O12/c1-18(2)11-25(32(56)46-26(13-21-14-41-17-43-21)33(57)48-28(16-51)36(60)61)45-31(55)24(5-4-10-42-37(39)40)44-34(58)27(15-50)47-35(59)29(19(3)52)49-30(54)23(38)12-20-6-8-22(53)9-7-20/h6-9,14,17-19,23-29,50-53H,4-5,10-13,15-16,38H2,1-3H3,(H,41,43)(H,44,58)(H,45,55)(H,46,56)(H,47,59)(H,48,57)(H,49,54)(H,60,61)(H4,39,40,42)/t19-,23+,24+,25+,26+,27+,28+,29+/m1/s1. The number of hydrogen-bond donors (Lipinski definition) is 16. The molecule has 0 aliphatic heterocycles. The molecule has 0 saturated heterocycles. The van der Waals surface area contributed by atoms with Crippen LogP contribution in [0.15, 0.2) is 36.8 Å². The van der Waals surface area contributed by atoms with Crippen LogP contribution in [0.5, 0.6) is 5.75 Å². The second-order valence-electron chi connectivity index (χ2n) is 14.6. The van der Waals surface area contributed by atoms with Crippen molar-refractivity contribution in [2.75, 3.05) is 19.8 Å². The zero-order valence-electron chi connectivity index (χ0n) is 34.0. The van der Waals surface area contributed by atoms with E-state index in [-0.39, 0.29) is 56.3 Å². The van der Waals surface area contributed by atoms with E-state index in [9.17, 15) is 59.1 Å². The summed E-state index contributed by atoms with van der Waals surface area (Å²) >= 11 is 0. The summed E-state index contributed by atoms with van der Waals surface area (Å²) < 4.78 is 0. The van der Waals surface area contributed by atoms with Crippen molar-refractivity contribution in [2.24, 2.45) is 17.4 Å². The zero-order valence-corrected chi connectivity index (χ0v) is 34.0. The summed E-state index contributed by atoms with van der Waals surface area (Å²) in [5.74, 6) is -7.87. The Balaban J connectivity index is 2.27. The summed E-state index contributed by atoms with van der Waals surface area (Å²) in [6.45, 7) is 2.80. The lowest BCUT2D eigenvalue weighted by atomic mass is 10.0. The van der Waals surface area contributed by atoms with Crippen LogP contribution in [-0.2, 0) is 46.4 Å². The average molecular weight is 863 g/mol. The molecule has 0 saturated carbocycles. The first-order valence-electron chi connectivity index (χ1n) is 19.3. The molecule has 0 unspecified atom stereocenters. The Hall–Kier alpha value is -6.37. The number of carbonyl (C=O) groups is 7. The maximum absolute atomic E-state index is 13.9. The molecule has 1 heterocycles. The Morgan fingerprint density at radius 1 is 0.754 bits per heavy atom. The monoisotopic (exact) mass is 862 g/mol. The SMILES string of the molecule is CC(C)C[C@H](NC(=O)[C@H](CCCNC(=N)N)NC(=O)[C@H](CO)NC(=O)[C@@H](NC(=O)[C@@H](N)Cc1ccc(O)cc1)[C@@H](C)O)C(=O)N[C@@H](Cc1c[nH]cn1)C(=O)N[C@@H](CO)C(=O)O. The Labute approximate surface area is 350 Å². The number of amides is 6. The van der Waals surface area contributed by atoms with Crippen LogP contribution in [0, 0.1) is 11.3 Å². The van der Waals surface area contributed by atoms with E-state index in [0.717, 1.165) is 0 Å². The highest BCUT2D eigenvalue weighted by atomic mass is 16.4. The van der Waals surface area contributed by atoms with Gasteiger partial charge in [-0.1, -0.05) is 26.0 Å². The van der Waals surface area contributed by atoms with Crippen LogP contribution in [0.2, 0.25) is 0 Å². The number of guanidine groups is 1. The Morgan fingerprint density at radius 3 is 1.84 bits per heavy atom. The number of imidazole rings is 1. The van der Waals surface area contributed by atoms with Crippen LogP contribution >= 0.6 is 0 Å². The van der Waals surface area contributed by atoms with E-state index in [1.54, 1.807) is 26.0 Å². The van der Waals surface area contributed by atoms with Crippen LogP contribution in [0.25, 0.3) is 0 Å². The van der Waals surface area contributed by atoms with E-state index in [1.165, 1.54) is 31.6 Å². The second kappa shape index (κ2) is 25.3. The molecule has 0 aliphatic rings. The number of aromatic nitrogens is 2. The number of phenolic OH excluding ortho intramolecular Hbond substituents is 1. The van der Waals surface area contributed by atoms with Crippen molar-refractivity contribution in [3.8, 4) is 5.75 Å². The number of carboxylic acids is 1. The van der Waals surface area contributed by atoms with Gasteiger partial charge < -0.3 is 79.2 Å². The molecule has 24 nitrogen and oxygen atoms in total. The van der Waals surface area contributed by atoms with Crippen molar-refractivity contribution in [1.82, 2.24) is 47.2 Å². The van der Waals surface area contributed by atoms with Crippen LogP contribution in [0.3, 0.4) is 0 Å². The number of carbonyl (C=O) groups excluding carboxylic acids is 6. The third-order valence-corrected chi connectivity index (χ3v) is 8.96. The average Bonchev–Trinajstić information content (AvgIpc) is 3.71. The van der Waals surface area contributed by atoms with Gasteiger partial charge in [-0.25, -0.2) is 9.78 Å². The highest BCUT2D eigenvalue weighted by Gasteiger charge is 2.35. The predicted molar refractivity (Wildman–Crippen MR) is 216 cm³/mol. The molecule has 2 aromatic rings. The van der Waals surface area contributed by atoms with Gasteiger partial charge in [-0.2, -0.15) is 0 Å². The molecule has 0 spiro atoms. The third kappa shape index (κ3) is 17.8. The van der Waals surface area contributed by atoms with E-state index in [1.807, 2.05) is 0 Å². The molecule has 61 heavy (non-hydrogen) atoms. The largest absolute Gasteiger partial charge is 0.508 e. The molecule has 338 valence electrons. The lowest BCUT2D eigenvalue weighted by molar-refractivity contribution is -0.143. The maximum atomic E-state index is 13.9. The number of nitrogens with one attached hydrogen (secondary N) is 9. The molecule has 0 radical (unpaired) electrons. The molecule has 0 aliphatic carbocycles. The maximum Gasteiger partial charge on any atom is 0.328 e. The lowest BCUT2D eigenvalue weighted by Gasteiger charge is -2.28. The number of H-pyrrole nitrogens is 1. The van der Waals surface area contributed by atoms with Crippen molar-refractivity contribution >= 4 is 47.4 Å². The number of aliphatic hydroxyl groups excluding tert-OH is 3. The van der Waals surface area contributed by atoms with Gasteiger partial charge in [0.1, 0.15) is 42.0 Å². The summed E-state index contributed by atoms with van der Waals surface area (Å²) in [6, 6.07) is -4.59.